The number of primary amides is 1. The number of amides is 3. The molecule has 1 aromatic carbocycles. The smallest absolute Gasteiger partial charge is 0.335 e. The first-order chi connectivity index (χ1) is 9.00. The van der Waals surface area contributed by atoms with Crippen LogP contribution in [-0.2, 0) is 11.2 Å². The van der Waals surface area contributed by atoms with Crippen LogP contribution in [0.2, 0.25) is 0 Å². The van der Waals surface area contributed by atoms with E-state index < -0.39 is 17.9 Å². The van der Waals surface area contributed by atoms with Crippen LogP contribution in [0.3, 0.4) is 0 Å². The predicted molar refractivity (Wildman–Crippen MR) is 67.7 cm³/mol. The van der Waals surface area contributed by atoms with Crippen LogP contribution in [0.1, 0.15) is 15.9 Å². The summed E-state index contributed by atoms with van der Waals surface area (Å²) < 4.78 is 0. The zero-order valence-corrected chi connectivity index (χ0v) is 10.2. The number of aromatic carboxylic acids is 1. The highest BCUT2D eigenvalue weighted by Crippen LogP contribution is 2.08. The van der Waals surface area contributed by atoms with Gasteiger partial charge in [-0.05, 0) is 18.1 Å². The third kappa shape index (κ3) is 5.07. The summed E-state index contributed by atoms with van der Waals surface area (Å²) >= 11 is 0. The minimum Gasteiger partial charge on any atom is -0.478 e. The second-order valence-electron chi connectivity index (χ2n) is 3.79. The Labute approximate surface area is 109 Å². The first-order valence-corrected chi connectivity index (χ1v) is 5.62. The number of hydrogen-bond acceptors (Lipinski definition) is 3. The van der Waals surface area contributed by atoms with E-state index in [9.17, 15) is 14.4 Å². The van der Waals surface area contributed by atoms with Crippen LogP contribution < -0.4 is 16.4 Å². The number of carboxylic acids is 1. The van der Waals surface area contributed by atoms with Crippen molar-refractivity contribution < 1.29 is 19.5 Å². The van der Waals surface area contributed by atoms with Crippen LogP contribution in [0.5, 0.6) is 0 Å². The van der Waals surface area contributed by atoms with Crippen molar-refractivity contribution in [1.29, 1.82) is 0 Å². The molecule has 19 heavy (non-hydrogen) atoms. The average Bonchev–Trinajstić information content (AvgIpc) is 2.36. The molecule has 0 saturated heterocycles. The largest absolute Gasteiger partial charge is 0.478 e. The standard InChI is InChI=1S/C12H15N3O4/c13-10(16)7-15-12(19)14-6-5-8-3-1-2-4-9(8)11(17)18/h1-4H,5-7H2,(H2,13,16)(H,17,18)(H2,14,15,19). The molecule has 0 spiro atoms. The lowest BCUT2D eigenvalue weighted by atomic mass is 10.0. The molecule has 5 N–H and O–H groups in total. The third-order valence-corrected chi connectivity index (χ3v) is 2.35. The Kier molecular flexibility index (Phi) is 5.34. The Morgan fingerprint density at radius 3 is 2.47 bits per heavy atom. The van der Waals surface area contributed by atoms with E-state index in [0.717, 1.165) is 0 Å². The first kappa shape index (κ1) is 14.5. The Hall–Kier alpha value is -2.57. The van der Waals surface area contributed by atoms with Gasteiger partial charge in [0, 0.05) is 6.54 Å². The fourth-order valence-corrected chi connectivity index (χ4v) is 1.49. The molecule has 0 aliphatic carbocycles. The molecule has 3 amide bonds. The highest BCUT2D eigenvalue weighted by atomic mass is 16.4. The second kappa shape index (κ2) is 7.00. The minimum absolute atomic E-state index is 0.210. The Morgan fingerprint density at radius 2 is 1.84 bits per heavy atom. The quantitative estimate of drug-likeness (QED) is 0.564. The summed E-state index contributed by atoms with van der Waals surface area (Å²) in [4.78, 5) is 32.6. The zero-order chi connectivity index (χ0) is 14.3. The van der Waals surface area contributed by atoms with E-state index >= 15 is 0 Å². The first-order valence-electron chi connectivity index (χ1n) is 5.62. The SMILES string of the molecule is NC(=O)CNC(=O)NCCc1ccccc1C(=O)O. The molecule has 0 unspecified atom stereocenters. The van der Waals surface area contributed by atoms with Crippen molar-refractivity contribution >= 4 is 17.9 Å². The lowest BCUT2D eigenvalue weighted by Crippen LogP contribution is -2.41. The van der Waals surface area contributed by atoms with Crippen molar-refractivity contribution in [3.8, 4) is 0 Å². The molecule has 7 nitrogen and oxygen atoms in total. The van der Waals surface area contributed by atoms with E-state index in [1.807, 2.05) is 0 Å². The monoisotopic (exact) mass is 265 g/mol. The molecule has 1 rings (SSSR count). The molecular weight excluding hydrogens is 250 g/mol. The summed E-state index contributed by atoms with van der Waals surface area (Å²) in [5.41, 5.74) is 5.71. The van der Waals surface area contributed by atoms with Gasteiger partial charge in [0.25, 0.3) is 0 Å². The maximum Gasteiger partial charge on any atom is 0.335 e. The van der Waals surface area contributed by atoms with E-state index in [4.69, 9.17) is 10.8 Å². The Balaban J connectivity index is 2.43. The Morgan fingerprint density at radius 1 is 1.16 bits per heavy atom. The molecule has 7 heteroatoms. The fourth-order valence-electron chi connectivity index (χ4n) is 1.49. The lowest BCUT2D eigenvalue weighted by Gasteiger charge is -2.08. The van der Waals surface area contributed by atoms with Crippen molar-refractivity contribution in [3.63, 3.8) is 0 Å². The summed E-state index contributed by atoms with van der Waals surface area (Å²) in [5.74, 6) is -1.64. The highest BCUT2D eigenvalue weighted by molar-refractivity contribution is 5.89. The number of carbonyl (C=O) groups excluding carboxylic acids is 2. The van der Waals surface area contributed by atoms with Crippen LogP contribution in [0, 0.1) is 0 Å². The average molecular weight is 265 g/mol. The number of carboxylic acid groups (broad SMARTS) is 1. The molecule has 0 aromatic heterocycles. The molecule has 0 saturated carbocycles. The maximum atomic E-state index is 11.2. The molecule has 0 aliphatic heterocycles. The second-order valence-corrected chi connectivity index (χ2v) is 3.79. The molecular formula is C12H15N3O4. The number of hydrogen-bond donors (Lipinski definition) is 4. The van der Waals surface area contributed by atoms with Gasteiger partial charge in [-0.15, -0.1) is 0 Å². The summed E-state index contributed by atoms with van der Waals surface area (Å²) in [6, 6.07) is 6.04. The number of carbonyl (C=O) groups is 3. The van der Waals surface area contributed by atoms with E-state index in [2.05, 4.69) is 10.6 Å². The summed E-state index contributed by atoms with van der Waals surface area (Å²) in [7, 11) is 0. The third-order valence-electron chi connectivity index (χ3n) is 2.35. The van der Waals surface area contributed by atoms with Gasteiger partial charge in [0.2, 0.25) is 5.91 Å². The number of urea groups is 1. The number of nitrogens with one attached hydrogen (secondary N) is 2. The summed E-state index contributed by atoms with van der Waals surface area (Å²) in [6.45, 7) is 0.0203. The molecule has 0 aliphatic rings. The van der Waals surface area contributed by atoms with Crippen molar-refractivity contribution in [1.82, 2.24) is 10.6 Å². The molecule has 0 atom stereocenters. The molecule has 0 radical (unpaired) electrons. The number of rotatable bonds is 6. The van der Waals surface area contributed by atoms with Gasteiger partial charge in [-0.1, -0.05) is 18.2 Å². The fraction of sp³-hybridized carbons (Fsp3) is 0.250. The number of benzene rings is 1. The van der Waals surface area contributed by atoms with E-state index in [-0.39, 0.29) is 18.7 Å². The molecule has 0 heterocycles. The molecule has 0 fully saturated rings. The topological polar surface area (TPSA) is 122 Å². The van der Waals surface area contributed by atoms with Crippen LogP contribution in [0.4, 0.5) is 4.79 Å². The zero-order valence-electron chi connectivity index (χ0n) is 10.2. The van der Waals surface area contributed by atoms with Gasteiger partial charge in [0.1, 0.15) is 0 Å². The minimum atomic E-state index is -1.01. The van der Waals surface area contributed by atoms with E-state index in [0.29, 0.717) is 12.0 Å². The van der Waals surface area contributed by atoms with Gasteiger partial charge < -0.3 is 21.5 Å². The predicted octanol–water partition coefficient (Wildman–Crippen LogP) is -0.288. The van der Waals surface area contributed by atoms with Gasteiger partial charge in [-0.25, -0.2) is 9.59 Å². The van der Waals surface area contributed by atoms with Crippen LogP contribution in [0.15, 0.2) is 24.3 Å². The van der Waals surface area contributed by atoms with Gasteiger partial charge in [0.05, 0.1) is 12.1 Å². The molecule has 0 bridgehead atoms. The van der Waals surface area contributed by atoms with E-state index in [1.54, 1.807) is 18.2 Å². The van der Waals surface area contributed by atoms with Gasteiger partial charge in [-0.2, -0.15) is 0 Å². The van der Waals surface area contributed by atoms with Crippen molar-refractivity contribution in [2.45, 2.75) is 6.42 Å². The normalized spacial score (nSPS) is 9.68. The lowest BCUT2D eigenvalue weighted by molar-refractivity contribution is -0.117. The summed E-state index contributed by atoms with van der Waals surface area (Å²) in [5, 5.41) is 13.7. The molecule has 102 valence electrons. The Bertz CT molecular complexity index is 488. The van der Waals surface area contributed by atoms with Gasteiger partial charge in [0.15, 0.2) is 0 Å². The number of nitrogens with two attached hydrogens (primary N) is 1. The molecule has 1 aromatic rings. The van der Waals surface area contributed by atoms with Crippen LogP contribution >= 0.6 is 0 Å². The van der Waals surface area contributed by atoms with Crippen LogP contribution in [-0.4, -0.2) is 36.1 Å². The van der Waals surface area contributed by atoms with Crippen molar-refractivity contribution in [3.05, 3.63) is 35.4 Å². The highest BCUT2D eigenvalue weighted by Gasteiger charge is 2.09. The van der Waals surface area contributed by atoms with E-state index in [1.165, 1.54) is 6.07 Å². The summed E-state index contributed by atoms with van der Waals surface area (Å²) in [6.07, 6.45) is 0.381. The van der Waals surface area contributed by atoms with Gasteiger partial charge in [-0.3, -0.25) is 4.79 Å². The maximum absolute atomic E-state index is 11.2. The van der Waals surface area contributed by atoms with Gasteiger partial charge >= 0.3 is 12.0 Å². The van der Waals surface area contributed by atoms with Crippen LogP contribution in [0.25, 0.3) is 0 Å². The van der Waals surface area contributed by atoms with Crippen molar-refractivity contribution in [2.24, 2.45) is 5.73 Å². The van der Waals surface area contributed by atoms with Crippen molar-refractivity contribution in [2.75, 3.05) is 13.1 Å².